The molecule has 2 N–H and O–H groups in total. The van der Waals surface area contributed by atoms with Gasteiger partial charge in [0.2, 0.25) is 0 Å². The number of aromatic nitrogens is 2. The highest BCUT2D eigenvalue weighted by Crippen LogP contribution is 2.20. The third kappa shape index (κ3) is 4.98. The number of benzene rings is 1. The summed E-state index contributed by atoms with van der Waals surface area (Å²) in [7, 11) is 0. The lowest BCUT2D eigenvalue weighted by Gasteiger charge is -2.23. The number of rotatable bonds is 6. The zero-order valence-corrected chi connectivity index (χ0v) is 14.2. The Labute approximate surface area is 147 Å². The average molecular weight is 342 g/mol. The molecule has 1 aromatic heterocycles. The summed E-state index contributed by atoms with van der Waals surface area (Å²) in [6.45, 7) is 0.351. The third-order valence-electron chi connectivity index (χ3n) is 4.48. The molecular weight excluding hydrogens is 319 g/mol. The van der Waals surface area contributed by atoms with Crippen LogP contribution in [0.25, 0.3) is 0 Å². The van der Waals surface area contributed by atoms with Crippen molar-refractivity contribution in [1.29, 1.82) is 0 Å². The fraction of sp³-hybridized carbons (Fsp3) is 0.421. The summed E-state index contributed by atoms with van der Waals surface area (Å²) in [5.74, 6) is 0.151. The molecule has 0 unspecified atom stereocenters. The monoisotopic (exact) mass is 342 g/mol. The summed E-state index contributed by atoms with van der Waals surface area (Å²) in [4.78, 5) is 20.5. The van der Waals surface area contributed by atoms with Crippen molar-refractivity contribution >= 4 is 11.7 Å². The van der Waals surface area contributed by atoms with Crippen LogP contribution in [0.5, 0.6) is 0 Å². The standard InChI is InChI=1S/C19H23FN4O/c20-16-9-5-4-6-14(16)10-11-21-19(25)17-12-23-18(13-22-17)24-15-7-2-1-3-8-15/h4-6,9,12-13,15H,1-3,7-8,10-11H2,(H,21,25)(H,23,24). The van der Waals surface area contributed by atoms with Crippen LogP contribution in [0.15, 0.2) is 36.7 Å². The van der Waals surface area contributed by atoms with Crippen LogP contribution >= 0.6 is 0 Å². The molecule has 1 aromatic carbocycles. The van der Waals surface area contributed by atoms with Gasteiger partial charge < -0.3 is 10.6 Å². The number of carbonyl (C=O) groups excluding carboxylic acids is 1. The molecule has 25 heavy (non-hydrogen) atoms. The lowest BCUT2D eigenvalue weighted by molar-refractivity contribution is 0.0948. The minimum atomic E-state index is -0.298. The highest BCUT2D eigenvalue weighted by molar-refractivity contribution is 5.91. The summed E-state index contributed by atoms with van der Waals surface area (Å²) in [6, 6.07) is 7.01. The van der Waals surface area contributed by atoms with E-state index in [1.807, 2.05) is 0 Å². The maximum atomic E-state index is 13.5. The van der Waals surface area contributed by atoms with E-state index < -0.39 is 0 Å². The van der Waals surface area contributed by atoms with E-state index in [9.17, 15) is 9.18 Å². The first kappa shape index (κ1) is 17.3. The zero-order chi connectivity index (χ0) is 17.5. The first-order valence-electron chi connectivity index (χ1n) is 8.82. The van der Waals surface area contributed by atoms with Gasteiger partial charge in [0.15, 0.2) is 0 Å². The summed E-state index contributed by atoms with van der Waals surface area (Å²) in [5.41, 5.74) is 0.851. The van der Waals surface area contributed by atoms with Gasteiger partial charge in [-0.05, 0) is 30.9 Å². The van der Waals surface area contributed by atoms with Gasteiger partial charge in [-0.25, -0.2) is 14.4 Å². The van der Waals surface area contributed by atoms with Crippen LogP contribution in [0.3, 0.4) is 0 Å². The number of hydrogen-bond donors (Lipinski definition) is 2. The molecule has 0 radical (unpaired) electrons. The number of nitrogens with one attached hydrogen (secondary N) is 2. The molecule has 5 nitrogen and oxygen atoms in total. The van der Waals surface area contributed by atoms with E-state index in [1.165, 1.54) is 31.5 Å². The number of carbonyl (C=O) groups is 1. The maximum absolute atomic E-state index is 13.5. The van der Waals surface area contributed by atoms with Crippen molar-refractivity contribution in [2.75, 3.05) is 11.9 Å². The third-order valence-corrected chi connectivity index (χ3v) is 4.48. The molecule has 1 aliphatic carbocycles. The number of halogens is 1. The van der Waals surface area contributed by atoms with Gasteiger partial charge in [-0.3, -0.25) is 4.79 Å². The minimum absolute atomic E-state index is 0.255. The number of amides is 1. The van der Waals surface area contributed by atoms with Gasteiger partial charge in [0.05, 0.1) is 12.4 Å². The van der Waals surface area contributed by atoms with Gasteiger partial charge in [-0.2, -0.15) is 0 Å². The van der Waals surface area contributed by atoms with Crippen molar-refractivity contribution in [2.45, 2.75) is 44.6 Å². The van der Waals surface area contributed by atoms with Gasteiger partial charge in [-0.1, -0.05) is 37.5 Å². The van der Waals surface area contributed by atoms with Crippen molar-refractivity contribution in [3.63, 3.8) is 0 Å². The second kappa shape index (κ2) is 8.55. The molecule has 1 aliphatic rings. The van der Waals surface area contributed by atoms with Gasteiger partial charge >= 0.3 is 0 Å². The second-order valence-electron chi connectivity index (χ2n) is 6.36. The van der Waals surface area contributed by atoms with E-state index >= 15 is 0 Å². The first-order chi connectivity index (χ1) is 12.2. The molecule has 1 amide bonds. The Kier molecular flexibility index (Phi) is 5.93. The van der Waals surface area contributed by atoms with E-state index in [4.69, 9.17) is 0 Å². The van der Waals surface area contributed by atoms with Crippen molar-refractivity contribution in [3.8, 4) is 0 Å². The fourth-order valence-corrected chi connectivity index (χ4v) is 3.08. The Morgan fingerprint density at radius 2 is 1.92 bits per heavy atom. The average Bonchev–Trinajstić information content (AvgIpc) is 2.65. The molecule has 2 aromatic rings. The predicted molar refractivity (Wildman–Crippen MR) is 95.0 cm³/mol. The van der Waals surface area contributed by atoms with Crippen molar-refractivity contribution in [1.82, 2.24) is 15.3 Å². The molecule has 0 aliphatic heterocycles. The molecule has 3 rings (SSSR count). The van der Waals surface area contributed by atoms with Gasteiger partial charge in [0.1, 0.15) is 17.3 Å². The van der Waals surface area contributed by atoms with E-state index in [1.54, 1.807) is 24.4 Å². The molecule has 132 valence electrons. The van der Waals surface area contributed by atoms with Crippen molar-refractivity contribution in [3.05, 3.63) is 53.7 Å². The van der Waals surface area contributed by atoms with E-state index in [0.717, 1.165) is 12.8 Å². The molecule has 1 heterocycles. The summed E-state index contributed by atoms with van der Waals surface area (Å²) in [6.07, 6.45) is 9.61. The molecule has 1 saturated carbocycles. The number of nitrogens with zero attached hydrogens (tertiary/aromatic N) is 2. The largest absolute Gasteiger partial charge is 0.366 e. The molecule has 0 bridgehead atoms. The maximum Gasteiger partial charge on any atom is 0.271 e. The predicted octanol–water partition coefficient (Wildman–Crippen LogP) is 3.33. The van der Waals surface area contributed by atoms with E-state index in [2.05, 4.69) is 20.6 Å². The van der Waals surface area contributed by atoms with Gasteiger partial charge in [0.25, 0.3) is 5.91 Å². The smallest absolute Gasteiger partial charge is 0.271 e. The highest BCUT2D eigenvalue weighted by Gasteiger charge is 2.14. The Bertz CT molecular complexity index is 699. The minimum Gasteiger partial charge on any atom is -0.366 e. The van der Waals surface area contributed by atoms with Crippen LogP contribution in [0.4, 0.5) is 10.2 Å². The summed E-state index contributed by atoms with van der Waals surface area (Å²) < 4.78 is 13.5. The molecular formula is C19H23FN4O. The first-order valence-corrected chi connectivity index (χ1v) is 8.82. The molecule has 0 atom stereocenters. The van der Waals surface area contributed by atoms with E-state index in [-0.39, 0.29) is 17.4 Å². The SMILES string of the molecule is O=C(NCCc1ccccc1F)c1cnc(NC2CCCCC2)cn1. The Hall–Kier alpha value is -2.50. The lowest BCUT2D eigenvalue weighted by Crippen LogP contribution is -2.27. The second-order valence-corrected chi connectivity index (χ2v) is 6.36. The molecule has 0 spiro atoms. The summed E-state index contributed by atoms with van der Waals surface area (Å²) in [5, 5.41) is 6.12. The van der Waals surface area contributed by atoms with Crippen molar-refractivity contribution < 1.29 is 9.18 Å². The topological polar surface area (TPSA) is 66.9 Å². The Morgan fingerprint density at radius 1 is 1.12 bits per heavy atom. The molecule has 1 fully saturated rings. The van der Waals surface area contributed by atoms with Crippen LogP contribution < -0.4 is 10.6 Å². The van der Waals surface area contributed by atoms with Crippen LogP contribution in [-0.4, -0.2) is 28.5 Å². The van der Waals surface area contributed by atoms with Crippen LogP contribution in [-0.2, 0) is 6.42 Å². The Morgan fingerprint density at radius 3 is 2.64 bits per heavy atom. The van der Waals surface area contributed by atoms with Crippen LogP contribution in [0, 0.1) is 5.82 Å². The highest BCUT2D eigenvalue weighted by atomic mass is 19.1. The molecule has 6 heteroatoms. The van der Waals surface area contributed by atoms with Gasteiger partial charge in [-0.15, -0.1) is 0 Å². The zero-order valence-electron chi connectivity index (χ0n) is 14.2. The van der Waals surface area contributed by atoms with Crippen LogP contribution in [0.1, 0.15) is 48.2 Å². The normalized spacial score (nSPS) is 14.9. The molecule has 0 saturated heterocycles. The Balaban J connectivity index is 1.48. The van der Waals surface area contributed by atoms with Crippen molar-refractivity contribution in [2.24, 2.45) is 0 Å². The van der Waals surface area contributed by atoms with Crippen LogP contribution in [0.2, 0.25) is 0 Å². The van der Waals surface area contributed by atoms with Gasteiger partial charge in [0, 0.05) is 12.6 Å². The number of hydrogen-bond acceptors (Lipinski definition) is 4. The fourth-order valence-electron chi connectivity index (χ4n) is 3.08. The lowest BCUT2D eigenvalue weighted by atomic mass is 9.96. The quantitative estimate of drug-likeness (QED) is 0.845. The van der Waals surface area contributed by atoms with E-state index in [0.29, 0.717) is 30.4 Å². The number of anilines is 1. The summed E-state index contributed by atoms with van der Waals surface area (Å²) >= 11 is 0.